The Kier molecular flexibility index (Phi) is 4.83. The molecular formula is C19H21F3N4O3S. The lowest BCUT2D eigenvalue weighted by molar-refractivity contribution is -0.136. The van der Waals surface area contributed by atoms with E-state index < -0.39 is 30.4 Å². The summed E-state index contributed by atoms with van der Waals surface area (Å²) in [6.07, 6.45) is -0.833. The summed E-state index contributed by atoms with van der Waals surface area (Å²) in [6, 6.07) is 0. The number of aromatic amines is 1. The van der Waals surface area contributed by atoms with E-state index in [-0.39, 0.29) is 34.4 Å². The van der Waals surface area contributed by atoms with Crippen molar-refractivity contribution in [3.63, 3.8) is 0 Å². The molecule has 0 amide bonds. The Labute approximate surface area is 172 Å². The van der Waals surface area contributed by atoms with Gasteiger partial charge in [-0.2, -0.15) is 13.2 Å². The van der Waals surface area contributed by atoms with Gasteiger partial charge in [0, 0.05) is 30.4 Å². The maximum atomic E-state index is 13.2. The number of halogens is 3. The van der Waals surface area contributed by atoms with E-state index >= 15 is 0 Å². The summed E-state index contributed by atoms with van der Waals surface area (Å²) in [5, 5.41) is 0.254. The van der Waals surface area contributed by atoms with E-state index in [9.17, 15) is 27.6 Å². The van der Waals surface area contributed by atoms with Gasteiger partial charge in [-0.25, -0.2) is 9.59 Å². The lowest BCUT2D eigenvalue weighted by atomic mass is 10.1. The van der Waals surface area contributed by atoms with Crippen LogP contribution in [0.15, 0.2) is 26.8 Å². The van der Waals surface area contributed by atoms with Crippen LogP contribution in [0.5, 0.6) is 0 Å². The van der Waals surface area contributed by atoms with Crippen LogP contribution >= 0.6 is 11.3 Å². The molecule has 0 bridgehead atoms. The minimum absolute atomic E-state index is 0.165. The van der Waals surface area contributed by atoms with Crippen LogP contribution in [0.3, 0.4) is 0 Å². The van der Waals surface area contributed by atoms with Crippen molar-refractivity contribution in [1.82, 2.24) is 18.7 Å². The van der Waals surface area contributed by atoms with Crippen molar-refractivity contribution in [1.29, 1.82) is 0 Å². The summed E-state index contributed by atoms with van der Waals surface area (Å²) in [6.45, 7) is 3.45. The number of thiophene rings is 1. The Morgan fingerprint density at radius 1 is 1.20 bits per heavy atom. The first kappa shape index (κ1) is 20.7. The molecule has 7 nitrogen and oxygen atoms in total. The molecule has 3 aromatic rings. The molecule has 1 aliphatic carbocycles. The number of nitrogens with zero attached hydrogens (tertiary/aromatic N) is 3. The number of hydrogen-bond acceptors (Lipinski definition) is 4. The number of H-pyrrole nitrogens is 1. The first-order chi connectivity index (χ1) is 14.0. The molecule has 0 saturated heterocycles. The highest BCUT2D eigenvalue weighted by molar-refractivity contribution is 7.18. The van der Waals surface area contributed by atoms with E-state index in [1.54, 1.807) is 13.1 Å². The summed E-state index contributed by atoms with van der Waals surface area (Å²) in [5.41, 5.74) is -1.11. The van der Waals surface area contributed by atoms with Crippen molar-refractivity contribution >= 4 is 21.6 Å². The highest BCUT2D eigenvalue weighted by Crippen LogP contribution is 2.46. The standard InChI is InChI=1S/C19H21F3N4O3S/c1-11-12(9-24-8-6-23-16(24)28)30-15-13(11)14(27)26(10-18(2)3-4-18)17(29)25(15)7-5-19(20,21)22/h6,8H,3-5,7,9-10H2,1-2H3,(H,23,28). The van der Waals surface area contributed by atoms with E-state index in [4.69, 9.17) is 0 Å². The van der Waals surface area contributed by atoms with Gasteiger partial charge < -0.3 is 4.98 Å². The van der Waals surface area contributed by atoms with Gasteiger partial charge in [0.1, 0.15) is 4.83 Å². The number of nitrogens with one attached hydrogen (secondary N) is 1. The third kappa shape index (κ3) is 3.78. The van der Waals surface area contributed by atoms with Crippen LogP contribution in [0.2, 0.25) is 0 Å². The van der Waals surface area contributed by atoms with Crippen LogP contribution in [0.1, 0.15) is 36.6 Å². The molecule has 0 atom stereocenters. The number of aromatic nitrogens is 4. The Morgan fingerprint density at radius 3 is 2.47 bits per heavy atom. The third-order valence-corrected chi connectivity index (χ3v) is 6.99. The monoisotopic (exact) mass is 442 g/mol. The number of aryl methyl sites for hydroxylation is 2. The number of alkyl halides is 3. The average Bonchev–Trinajstić information content (AvgIpc) is 3.10. The fourth-order valence-corrected chi connectivity index (χ4v) is 4.86. The predicted octanol–water partition coefficient (Wildman–Crippen LogP) is 2.82. The molecule has 1 N–H and O–H groups in total. The molecule has 3 heterocycles. The van der Waals surface area contributed by atoms with Gasteiger partial charge in [-0.1, -0.05) is 6.92 Å². The SMILES string of the molecule is Cc1c(Cn2cc[nH]c2=O)sc2c1c(=O)n(CC1(C)CC1)c(=O)n2CCC(F)(F)F. The number of rotatable bonds is 6. The van der Waals surface area contributed by atoms with E-state index in [1.165, 1.54) is 10.8 Å². The van der Waals surface area contributed by atoms with Gasteiger partial charge in [0.05, 0.1) is 18.4 Å². The van der Waals surface area contributed by atoms with Gasteiger partial charge in [-0.3, -0.25) is 18.5 Å². The highest BCUT2D eigenvalue weighted by atomic mass is 32.1. The number of hydrogen-bond donors (Lipinski definition) is 1. The second-order valence-corrected chi connectivity index (χ2v) is 9.31. The molecule has 0 aliphatic heterocycles. The first-order valence-corrected chi connectivity index (χ1v) is 10.4. The maximum absolute atomic E-state index is 13.2. The second kappa shape index (κ2) is 7.00. The lowest BCUT2D eigenvalue weighted by Gasteiger charge is -2.15. The molecule has 1 aliphatic rings. The Bertz CT molecular complexity index is 1290. The molecule has 1 saturated carbocycles. The molecule has 11 heteroatoms. The molecule has 1 fully saturated rings. The molecule has 3 aromatic heterocycles. The molecule has 162 valence electrons. The van der Waals surface area contributed by atoms with E-state index in [0.717, 1.165) is 33.3 Å². The third-order valence-electron chi connectivity index (χ3n) is 5.69. The highest BCUT2D eigenvalue weighted by Gasteiger charge is 2.39. The quantitative estimate of drug-likeness (QED) is 0.638. The number of imidazole rings is 1. The zero-order chi connectivity index (χ0) is 21.8. The van der Waals surface area contributed by atoms with Crippen LogP contribution in [0.25, 0.3) is 10.2 Å². The zero-order valence-corrected chi connectivity index (χ0v) is 17.3. The van der Waals surface area contributed by atoms with Crippen molar-refractivity contribution in [2.24, 2.45) is 5.41 Å². The summed E-state index contributed by atoms with van der Waals surface area (Å²) < 4.78 is 42.2. The summed E-state index contributed by atoms with van der Waals surface area (Å²) in [5.74, 6) is 0. The summed E-state index contributed by atoms with van der Waals surface area (Å²) in [4.78, 5) is 41.4. The second-order valence-electron chi connectivity index (χ2n) is 8.22. The molecule has 0 unspecified atom stereocenters. The van der Waals surface area contributed by atoms with Crippen molar-refractivity contribution in [3.05, 3.63) is 54.2 Å². The first-order valence-electron chi connectivity index (χ1n) is 9.55. The van der Waals surface area contributed by atoms with Gasteiger partial charge in [-0.15, -0.1) is 11.3 Å². The van der Waals surface area contributed by atoms with Crippen molar-refractivity contribution in [2.45, 2.75) is 58.9 Å². The fraction of sp³-hybridized carbons (Fsp3) is 0.526. The molecule has 0 radical (unpaired) electrons. The molecule has 0 spiro atoms. The van der Waals surface area contributed by atoms with E-state index in [2.05, 4.69) is 4.98 Å². The minimum atomic E-state index is -4.43. The predicted molar refractivity (Wildman–Crippen MR) is 107 cm³/mol. The normalized spacial score (nSPS) is 15.8. The average molecular weight is 442 g/mol. The van der Waals surface area contributed by atoms with Gasteiger partial charge in [0.2, 0.25) is 0 Å². The Balaban J connectivity index is 1.90. The zero-order valence-electron chi connectivity index (χ0n) is 16.5. The van der Waals surface area contributed by atoms with Crippen LogP contribution in [-0.2, 0) is 19.6 Å². The number of fused-ring (bicyclic) bond motifs is 1. The summed E-state index contributed by atoms with van der Waals surface area (Å²) in [7, 11) is 0. The molecular weight excluding hydrogens is 421 g/mol. The van der Waals surface area contributed by atoms with Crippen molar-refractivity contribution in [2.75, 3.05) is 0 Å². The van der Waals surface area contributed by atoms with E-state index in [1.807, 2.05) is 6.92 Å². The van der Waals surface area contributed by atoms with Crippen molar-refractivity contribution in [3.8, 4) is 0 Å². The van der Waals surface area contributed by atoms with Gasteiger partial charge in [-0.05, 0) is 30.7 Å². The summed E-state index contributed by atoms with van der Waals surface area (Å²) >= 11 is 1.09. The molecule has 0 aromatic carbocycles. The lowest BCUT2D eigenvalue weighted by Crippen LogP contribution is -2.41. The Morgan fingerprint density at radius 2 is 1.90 bits per heavy atom. The van der Waals surface area contributed by atoms with Crippen LogP contribution in [-0.4, -0.2) is 24.9 Å². The Hall–Kier alpha value is -2.56. The van der Waals surface area contributed by atoms with Gasteiger partial charge in [0.25, 0.3) is 5.56 Å². The molecule has 30 heavy (non-hydrogen) atoms. The minimum Gasteiger partial charge on any atom is -0.313 e. The molecule has 4 rings (SSSR count). The van der Waals surface area contributed by atoms with Crippen LogP contribution in [0, 0.1) is 12.3 Å². The van der Waals surface area contributed by atoms with Gasteiger partial charge in [0.15, 0.2) is 0 Å². The topological polar surface area (TPSA) is 81.8 Å². The smallest absolute Gasteiger partial charge is 0.313 e. The van der Waals surface area contributed by atoms with Gasteiger partial charge >= 0.3 is 17.6 Å². The van der Waals surface area contributed by atoms with Crippen LogP contribution < -0.4 is 16.9 Å². The fourth-order valence-electron chi connectivity index (χ4n) is 3.55. The van der Waals surface area contributed by atoms with Crippen molar-refractivity contribution < 1.29 is 13.2 Å². The van der Waals surface area contributed by atoms with E-state index in [0.29, 0.717) is 10.4 Å². The largest absolute Gasteiger partial charge is 0.390 e. The maximum Gasteiger partial charge on any atom is 0.390 e. The van der Waals surface area contributed by atoms with Crippen LogP contribution in [0.4, 0.5) is 13.2 Å².